The van der Waals surface area contributed by atoms with Crippen molar-refractivity contribution < 1.29 is 31.1 Å². The van der Waals surface area contributed by atoms with Crippen LogP contribution in [0.25, 0.3) is 0 Å². The molecule has 0 saturated carbocycles. The van der Waals surface area contributed by atoms with Gasteiger partial charge < -0.3 is 5.32 Å². The Kier molecular flexibility index (Phi) is 5.21. The van der Waals surface area contributed by atoms with E-state index >= 15 is 0 Å². The van der Waals surface area contributed by atoms with Crippen LogP contribution in [0.5, 0.6) is 0 Å². The second-order valence-electron chi connectivity index (χ2n) is 6.79. The van der Waals surface area contributed by atoms with Gasteiger partial charge in [-0.1, -0.05) is 47.5 Å². The summed E-state index contributed by atoms with van der Waals surface area (Å²) in [5.74, 6) is -3.57. The fraction of sp³-hybridized carbons (Fsp3) is 0.250. The zero-order valence-corrected chi connectivity index (χ0v) is 15.7. The Labute approximate surface area is 167 Å². The molecule has 0 unspecified atom stereocenters. The minimum absolute atomic E-state index is 0.00791. The van der Waals surface area contributed by atoms with E-state index in [1.165, 1.54) is 48.5 Å². The SMILES string of the molecule is Cc1ccc(C(=O)/N=C2/NC(c3ccc(C)cc3)=NC2(C(F)(F)F)C(F)(F)F)cc1. The van der Waals surface area contributed by atoms with Gasteiger partial charge in [0.05, 0.1) is 0 Å². The molecule has 1 aliphatic heterocycles. The minimum atomic E-state index is -5.89. The summed E-state index contributed by atoms with van der Waals surface area (Å²) in [5.41, 5.74) is -3.34. The van der Waals surface area contributed by atoms with Gasteiger partial charge in [-0.3, -0.25) is 4.79 Å². The molecule has 0 aliphatic carbocycles. The third-order valence-electron chi connectivity index (χ3n) is 4.52. The number of benzene rings is 2. The van der Waals surface area contributed by atoms with Gasteiger partial charge in [-0.25, -0.2) is 4.99 Å². The number of aryl methyl sites for hydroxylation is 2. The van der Waals surface area contributed by atoms with Crippen molar-refractivity contribution in [2.75, 3.05) is 0 Å². The van der Waals surface area contributed by atoms with E-state index in [-0.39, 0.29) is 11.1 Å². The van der Waals surface area contributed by atoms with E-state index < -0.39 is 35.5 Å². The summed E-state index contributed by atoms with van der Waals surface area (Å²) >= 11 is 0. The van der Waals surface area contributed by atoms with Crippen LogP contribution in [0.1, 0.15) is 27.0 Å². The smallest absolute Gasteiger partial charge is 0.325 e. The predicted molar refractivity (Wildman–Crippen MR) is 98.6 cm³/mol. The Morgan fingerprint density at radius 3 is 1.80 bits per heavy atom. The van der Waals surface area contributed by atoms with Gasteiger partial charge in [0.25, 0.3) is 5.91 Å². The molecule has 0 fully saturated rings. The second kappa shape index (κ2) is 7.26. The van der Waals surface area contributed by atoms with Crippen LogP contribution >= 0.6 is 0 Å². The topological polar surface area (TPSA) is 53.8 Å². The van der Waals surface area contributed by atoms with E-state index in [1.54, 1.807) is 13.8 Å². The van der Waals surface area contributed by atoms with Crippen LogP contribution in [0.15, 0.2) is 58.5 Å². The highest BCUT2D eigenvalue weighted by Gasteiger charge is 2.77. The lowest BCUT2D eigenvalue weighted by atomic mass is 9.98. The molecule has 2 aromatic carbocycles. The average molecular weight is 427 g/mol. The van der Waals surface area contributed by atoms with Gasteiger partial charge >= 0.3 is 17.9 Å². The molecule has 1 heterocycles. The molecule has 1 N–H and O–H groups in total. The number of hydrogen-bond donors (Lipinski definition) is 1. The molecule has 10 heteroatoms. The van der Waals surface area contributed by atoms with E-state index in [0.717, 1.165) is 11.1 Å². The monoisotopic (exact) mass is 427 g/mol. The summed E-state index contributed by atoms with van der Waals surface area (Å²) < 4.78 is 82.6. The predicted octanol–water partition coefficient (Wildman–Crippen LogP) is 4.76. The van der Waals surface area contributed by atoms with Crippen molar-refractivity contribution in [1.82, 2.24) is 5.32 Å². The quantitative estimate of drug-likeness (QED) is 0.703. The number of aliphatic imine (C=N–C) groups is 2. The Balaban J connectivity index is 2.16. The van der Waals surface area contributed by atoms with Gasteiger partial charge in [0, 0.05) is 11.1 Å². The Morgan fingerprint density at radius 2 is 1.33 bits per heavy atom. The van der Waals surface area contributed by atoms with Crippen molar-refractivity contribution >= 4 is 17.6 Å². The van der Waals surface area contributed by atoms with Gasteiger partial charge in [0.15, 0.2) is 5.84 Å². The van der Waals surface area contributed by atoms with Crippen molar-refractivity contribution in [3.05, 3.63) is 70.8 Å². The number of halogens is 6. The summed E-state index contributed by atoms with van der Waals surface area (Å²) in [6.45, 7) is 3.41. The van der Waals surface area contributed by atoms with Crippen molar-refractivity contribution in [2.45, 2.75) is 31.7 Å². The fourth-order valence-electron chi connectivity index (χ4n) is 2.83. The van der Waals surface area contributed by atoms with Crippen LogP contribution in [-0.2, 0) is 0 Å². The Bertz CT molecular complexity index is 1000. The summed E-state index contributed by atoms with van der Waals surface area (Å²) in [4.78, 5) is 18.5. The first-order valence-corrected chi connectivity index (χ1v) is 8.63. The highest BCUT2D eigenvalue weighted by molar-refractivity contribution is 6.20. The normalized spacial score (nSPS) is 17.6. The molecule has 158 valence electrons. The zero-order valence-electron chi connectivity index (χ0n) is 15.7. The summed E-state index contributed by atoms with van der Waals surface area (Å²) in [7, 11) is 0. The van der Waals surface area contributed by atoms with Crippen molar-refractivity contribution in [3.8, 4) is 0 Å². The molecule has 0 atom stereocenters. The number of rotatable bonds is 2. The third kappa shape index (κ3) is 3.69. The first kappa shape index (κ1) is 21.5. The lowest BCUT2D eigenvalue weighted by Gasteiger charge is -2.30. The fourth-order valence-corrected chi connectivity index (χ4v) is 2.83. The summed E-state index contributed by atoms with van der Waals surface area (Å²) in [6.07, 6.45) is -11.8. The van der Waals surface area contributed by atoms with Crippen LogP contribution in [0.2, 0.25) is 0 Å². The van der Waals surface area contributed by atoms with Crippen molar-refractivity contribution in [3.63, 3.8) is 0 Å². The molecular weight excluding hydrogens is 412 g/mol. The maximum atomic E-state index is 13.8. The minimum Gasteiger partial charge on any atom is -0.325 e. The second-order valence-corrected chi connectivity index (χ2v) is 6.79. The number of hydrogen-bond acceptors (Lipinski definition) is 2. The molecule has 0 spiro atoms. The van der Waals surface area contributed by atoms with Crippen molar-refractivity contribution in [1.29, 1.82) is 0 Å². The van der Waals surface area contributed by atoms with Crippen LogP contribution in [0.4, 0.5) is 26.3 Å². The van der Waals surface area contributed by atoms with Crippen LogP contribution in [-0.4, -0.2) is 35.5 Å². The average Bonchev–Trinajstić information content (AvgIpc) is 3.03. The van der Waals surface area contributed by atoms with Crippen LogP contribution in [0.3, 0.4) is 0 Å². The third-order valence-corrected chi connectivity index (χ3v) is 4.52. The van der Waals surface area contributed by atoms with E-state index in [9.17, 15) is 31.1 Å². The molecular formula is C20H15F6N3O. The highest BCUT2D eigenvalue weighted by Crippen LogP contribution is 2.48. The molecule has 1 aliphatic rings. The number of carbonyl (C=O) groups is 1. The molecule has 0 bridgehead atoms. The molecule has 0 aromatic heterocycles. The van der Waals surface area contributed by atoms with Gasteiger partial charge in [-0.05, 0) is 26.0 Å². The Hall–Kier alpha value is -3.17. The highest BCUT2D eigenvalue weighted by atomic mass is 19.4. The van der Waals surface area contributed by atoms with Crippen LogP contribution in [0, 0.1) is 13.8 Å². The van der Waals surface area contributed by atoms with Crippen molar-refractivity contribution in [2.24, 2.45) is 9.98 Å². The summed E-state index contributed by atoms with van der Waals surface area (Å²) in [5, 5.41) is 1.98. The lowest BCUT2D eigenvalue weighted by Crippen LogP contribution is -2.61. The van der Waals surface area contributed by atoms with E-state index in [0.29, 0.717) is 0 Å². The molecule has 30 heavy (non-hydrogen) atoms. The molecule has 0 radical (unpaired) electrons. The van der Waals surface area contributed by atoms with Crippen LogP contribution < -0.4 is 5.32 Å². The molecule has 0 saturated heterocycles. The number of alkyl halides is 6. The molecule has 3 rings (SSSR count). The maximum absolute atomic E-state index is 13.8. The van der Waals surface area contributed by atoms with Gasteiger partial charge in [0.1, 0.15) is 5.84 Å². The zero-order chi connectivity index (χ0) is 22.3. The van der Waals surface area contributed by atoms with Gasteiger partial charge in [-0.15, -0.1) is 0 Å². The number of amides is 1. The standard InChI is InChI=1S/C20H15F6N3O/c1-11-3-7-13(8-4-11)15-27-17(18(29-15,19(21,22)23)20(24,25)26)28-16(30)14-9-5-12(2)6-10-14/h3-10H,1-2H3,(H,27,28,29,30). The number of carbonyl (C=O) groups excluding carboxylic acids is 1. The summed E-state index contributed by atoms with van der Waals surface area (Å²) in [6, 6.07) is 11.2. The number of nitrogens with one attached hydrogen (secondary N) is 1. The molecule has 2 aromatic rings. The first-order valence-electron chi connectivity index (χ1n) is 8.63. The van der Waals surface area contributed by atoms with E-state index in [2.05, 4.69) is 9.98 Å². The van der Waals surface area contributed by atoms with Gasteiger partial charge in [-0.2, -0.15) is 31.3 Å². The van der Waals surface area contributed by atoms with Gasteiger partial charge in [0.2, 0.25) is 0 Å². The lowest BCUT2D eigenvalue weighted by molar-refractivity contribution is -0.270. The first-order chi connectivity index (χ1) is 13.8. The Morgan fingerprint density at radius 1 is 0.867 bits per heavy atom. The number of nitrogens with zero attached hydrogens (tertiary/aromatic N) is 2. The number of amidine groups is 2. The van der Waals surface area contributed by atoms with E-state index in [1.807, 2.05) is 5.32 Å². The van der Waals surface area contributed by atoms with E-state index in [4.69, 9.17) is 0 Å². The largest absolute Gasteiger partial charge is 0.430 e. The molecule has 1 amide bonds. The maximum Gasteiger partial charge on any atom is 0.430 e. The molecule has 4 nitrogen and oxygen atoms in total.